The Morgan fingerprint density at radius 3 is 2.89 bits per heavy atom. The highest BCUT2D eigenvalue weighted by Gasteiger charge is 2.17. The van der Waals surface area contributed by atoms with E-state index in [0.29, 0.717) is 6.04 Å². The van der Waals surface area contributed by atoms with Crippen molar-refractivity contribution in [2.24, 2.45) is 0 Å². The fourth-order valence-corrected chi connectivity index (χ4v) is 2.75. The second-order valence-corrected chi connectivity index (χ2v) is 5.35. The van der Waals surface area contributed by atoms with Crippen molar-refractivity contribution in [2.45, 2.75) is 19.5 Å². The number of methoxy groups -OCH3 is 1. The smallest absolute Gasteiger partial charge is 0.133 e. The standard InChI is InChI=1S/C13H19BrN2O.ClH/c1-10-8-15-5-6-16(10)9-11-3-4-13(17-2)12(14)7-11;/h3-4,7,10,15H,5-6,8-9H2,1-2H3;1H. The van der Waals surface area contributed by atoms with Crippen molar-refractivity contribution < 1.29 is 4.74 Å². The van der Waals surface area contributed by atoms with E-state index in [2.05, 4.69) is 45.2 Å². The van der Waals surface area contributed by atoms with Gasteiger partial charge in [-0.25, -0.2) is 0 Å². The third-order valence-electron chi connectivity index (χ3n) is 3.24. The molecular weight excluding hydrogens is 316 g/mol. The molecule has 0 aromatic heterocycles. The molecule has 1 aliphatic rings. The Hall–Kier alpha value is -0.290. The Balaban J connectivity index is 0.00000162. The van der Waals surface area contributed by atoms with Crippen LogP contribution in [0, 0.1) is 0 Å². The van der Waals surface area contributed by atoms with Crippen molar-refractivity contribution in [3.63, 3.8) is 0 Å². The first-order valence-electron chi connectivity index (χ1n) is 5.98. The van der Waals surface area contributed by atoms with E-state index in [-0.39, 0.29) is 12.4 Å². The summed E-state index contributed by atoms with van der Waals surface area (Å²) >= 11 is 3.53. The maximum Gasteiger partial charge on any atom is 0.133 e. The molecule has 102 valence electrons. The van der Waals surface area contributed by atoms with E-state index < -0.39 is 0 Å². The lowest BCUT2D eigenvalue weighted by molar-refractivity contribution is 0.165. The molecule has 0 bridgehead atoms. The molecule has 1 saturated heterocycles. The number of halogens is 2. The van der Waals surface area contributed by atoms with Gasteiger partial charge in [0, 0.05) is 32.2 Å². The first-order chi connectivity index (χ1) is 8.20. The van der Waals surface area contributed by atoms with Crippen LogP contribution in [0.2, 0.25) is 0 Å². The van der Waals surface area contributed by atoms with Crippen LogP contribution in [0.25, 0.3) is 0 Å². The van der Waals surface area contributed by atoms with E-state index in [1.807, 2.05) is 6.07 Å². The lowest BCUT2D eigenvalue weighted by atomic mass is 10.1. The van der Waals surface area contributed by atoms with Crippen molar-refractivity contribution in [3.8, 4) is 5.75 Å². The Labute approximate surface area is 123 Å². The quantitative estimate of drug-likeness (QED) is 0.919. The molecule has 1 aromatic rings. The maximum absolute atomic E-state index is 5.24. The number of ether oxygens (including phenoxy) is 1. The van der Waals surface area contributed by atoms with E-state index in [1.54, 1.807) is 7.11 Å². The van der Waals surface area contributed by atoms with E-state index in [4.69, 9.17) is 4.74 Å². The summed E-state index contributed by atoms with van der Waals surface area (Å²) in [5.74, 6) is 0.891. The van der Waals surface area contributed by atoms with Crippen LogP contribution in [-0.4, -0.2) is 37.7 Å². The minimum Gasteiger partial charge on any atom is -0.496 e. The molecule has 2 rings (SSSR count). The maximum atomic E-state index is 5.24. The fraction of sp³-hybridized carbons (Fsp3) is 0.538. The zero-order valence-corrected chi connectivity index (χ0v) is 13.2. The van der Waals surface area contributed by atoms with E-state index >= 15 is 0 Å². The van der Waals surface area contributed by atoms with Gasteiger partial charge in [-0.05, 0) is 40.5 Å². The first-order valence-corrected chi connectivity index (χ1v) is 6.77. The largest absolute Gasteiger partial charge is 0.496 e. The molecule has 1 atom stereocenters. The molecule has 1 N–H and O–H groups in total. The summed E-state index contributed by atoms with van der Waals surface area (Å²) in [6.07, 6.45) is 0. The SMILES string of the molecule is COc1ccc(CN2CCNCC2C)cc1Br.Cl. The van der Waals surface area contributed by atoms with Gasteiger partial charge in [-0.1, -0.05) is 6.07 Å². The first kappa shape index (κ1) is 15.8. The fourth-order valence-electron chi connectivity index (χ4n) is 2.16. The minimum atomic E-state index is 0. The number of rotatable bonds is 3. The summed E-state index contributed by atoms with van der Waals surface area (Å²) in [4.78, 5) is 2.50. The molecule has 0 amide bonds. The summed E-state index contributed by atoms with van der Waals surface area (Å²) in [5, 5.41) is 3.41. The highest BCUT2D eigenvalue weighted by atomic mass is 79.9. The van der Waals surface area contributed by atoms with Crippen LogP contribution in [0.5, 0.6) is 5.75 Å². The average Bonchev–Trinajstić information content (AvgIpc) is 2.32. The van der Waals surface area contributed by atoms with Crippen LogP contribution in [-0.2, 0) is 6.54 Å². The molecule has 3 nitrogen and oxygen atoms in total. The number of nitrogens with one attached hydrogen (secondary N) is 1. The van der Waals surface area contributed by atoms with Crippen LogP contribution in [0.3, 0.4) is 0 Å². The molecule has 0 spiro atoms. The lowest BCUT2D eigenvalue weighted by Gasteiger charge is -2.33. The highest BCUT2D eigenvalue weighted by molar-refractivity contribution is 9.10. The normalized spacial score (nSPS) is 20.3. The molecule has 0 aliphatic carbocycles. The molecule has 5 heteroatoms. The number of hydrogen-bond donors (Lipinski definition) is 1. The van der Waals surface area contributed by atoms with Crippen molar-refractivity contribution in [1.82, 2.24) is 10.2 Å². The highest BCUT2D eigenvalue weighted by Crippen LogP contribution is 2.26. The number of hydrogen-bond acceptors (Lipinski definition) is 3. The molecule has 0 radical (unpaired) electrons. The van der Waals surface area contributed by atoms with Crippen molar-refractivity contribution in [3.05, 3.63) is 28.2 Å². The van der Waals surface area contributed by atoms with E-state index in [0.717, 1.165) is 36.4 Å². The number of benzene rings is 1. The molecule has 1 heterocycles. The molecular formula is C13H20BrClN2O. The molecule has 1 unspecified atom stereocenters. The van der Waals surface area contributed by atoms with Crippen molar-refractivity contribution in [2.75, 3.05) is 26.7 Å². The number of piperazine rings is 1. The van der Waals surface area contributed by atoms with Crippen LogP contribution in [0.4, 0.5) is 0 Å². The van der Waals surface area contributed by atoms with Crippen LogP contribution in [0.15, 0.2) is 22.7 Å². The molecule has 1 fully saturated rings. The van der Waals surface area contributed by atoms with Crippen LogP contribution >= 0.6 is 28.3 Å². The zero-order valence-electron chi connectivity index (χ0n) is 10.8. The Kier molecular flexibility index (Phi) is 6.43. The average molecular weight is 336 g/mol. The predicted molar refractivity (Wildman–Crippen MR) is 80.7 cm³/mol. The summed E-state index contributed by atoms with van der Waals surface area (Å²) in [7, 11) is 1.69. The molecule has 0 saturated carbocycles. The van der Waals surface area contributed by atoms with E-state index in [9.17, 15) is 0 Å². The lowest BCUT2D eigenvalue weighted by Crippen LogP contribution is -2.49. The molecule has 1 aliphatic heterocycles. The Morgan fingerprint density at radius 2 is 2.28 bits per heavy atom. The Morgan fingerprint density at radius 1 is 1.50 bits per heavy atom. The van der Waals surface area contributed by atoms with Gasteiger partial charge in [0.1, 0.15) is 5.75 Å². The van der Waals surface area contributed by atoms with E-state index in [1.165, 1.54) is 5.56 Å². The van der Waals surface area contributed by atoms with Gasteiger partial charge < -0.3 is 10.1 Å². The summed E-state index contributed by atoms with van der Waals surface area (Å²) < 4.78 is 6.27. The van der Waals surface area contributed by atoms with Crippen LogP contribution in [0.1, 0.15) is 12.5 Å². The summed E-state index contributed by atoms with van der Waals surface area (Å²) in [6.45, 7) is 6.56. The Bertz CT molecular complexity index is 389. The zero-order chi connectivity index (χ0) is 12.3. The third-order valence-corrected chi connectivity index (χ3v) is 3.86. The monoisotopic (exact) mass is 334 g/mol. The summed E-state index contributed by atoms with van der Waals surface area (Å²) in [5.41, 5.74) is 1.33. The number of nitrogens with zero attached hydrogens (tertiary/aromatic N) is 1. The second kappa shape index (κ2) is 7.34. The van der Waals surface area contributed by atoms with Crippen LogP contribution < -0.4 is 10.1 Å². The predicted octanol–water partition coefficient (Wildman–Crippen LogP) is 2.67. The van der Waals surface area contributed by atoms with Gasteiger partial charge in [-0.15, -0.1) is 12.4 Å². The van der Waals surface area contributed by atoms with Gasteiger partial charge in [0.05, 0.1) is 11.6 Å². The third kappa shape index (κ3) is 3.85. The van der Waals surface area contributed by atoms with Crippen molar-refractivity contribution >= 4 is 28.3 Å². The molecule has 1 aromatic carbocycles. The summed E-state index contributed by atoms with van der Waals surface area (Å²) in [6, 6.07) is 6.91. The van der Waals surface area contributed by atoms with Gasteiger partial charge in [-0.3, -0.25) is 4.90 Å². The van der Waals surface area contributed by atoms with Gasteiger partial charge >= 0.3 is 0 Å². The van der Waals surface area contributed by atoms with Gasteiger partial charge in [0.2, 0.25) is 0 Å². The minimum absolute atomic E-state index is 0. The van der Waals surface area contributed by atoms with Gasteiger partial charge in [0.15, 0.2) is 0 Å². The van der Waals surface area contributed by atoms with Gasteiger partial charge in [-0.2, -0.15) is 0 Å². The second-order valence-electron chi connectivity index (χ2n) is 4.49. The topological polar surface area (TPSA) is 24.5 Å². The van der Waals surface area contributed by atoms with Gasteiger partial charge in [0.25, 0.3) is 0 Å². The van der Waals surface area contributed by atoms with Crippen molar-refractivity contribution in [1.29, 1.82) is 0 Å². The molecule has 18 heavy (non-hydrogen) atoms.